The minimum atomic E-state index is -3.41. The molecule has 1 aliphatic rings. The Morgan fingerprint density at radius 2 is 2.00 bits per heavy atom. The van der Waals surface area contributed by atoms with E-state index in [1.165, 1.54) is 13.1 Å². The zero-order valence-corrected chi connectivity index (χ0v) is 11.9. The van der Waals surface area contributed by atoms with Crippen LogP contribution in [0.1, 0.15) is 0 Å². The summed E-state index contributed by atoms with van der Waals surface area (Å²) < 4.78 is 25.9. The average Bonchev–Trinajstić information content (AvgIpc) is 2.40. The van der Waals surface area contributed by atoms with Gasteiger partial charge in [-0.1, -0.05) is 0 Å². The van der Waals surface area contributed by atoms with Crippen molar-refractivity contribution >= 4 is 33.2 Å². The van der Waals surface area contributed by atoms with E-state index in [9.17, 15) is 8.42 Å². The van der Waals surface area contributed by atoms with Crippen LogP contribution in [0, 0.1) is 0 Å². The van der Waals surface area contributed by atoms with Gasteiger partial charge >= 0.3 is 0 Å². The second kappa shape index (κ2) is 5.38. The highest BCUT2D eigenvalue weighted by Gasteiger charge is 2.18. The molecule has 0 atom stereocenters. The van der Waals surface area contributed by atoms with E-state index in [1.54, 1.807) is 12.1 Å². The predicted octanol–water partition coefficient (Wildman–Crippen LogP) is 0.730. The summed E-state index contributed by atoms with van der Waals surface area (Å²) in [4.78, 5) is 2.40. The Bertz CT molecular complexity index is 525. The number of rotatable bonds is 3. The topological polar surface area (TPSA) is 75.4 Å². The molecular weight excluding hydrogens is 270 g/mol. The average molecular weight is 287 g/mol. The Morgan fingerprint density at radius 3 is 2.61 bits per heavy atom. The molecule has 1 heterocycles. The second-order valence-corrected chi connectivity index (χ2v) is 7.14. The minimum absolute atomic E-state index is 0.257. The van der Waals surface area contributed by atoms with Crippen LogP contribution in [0.3, 0.4) is 0 Å². The lowest BCUT2D eigenvalue weighted by Crippen LogP contribution is -2.33. The van der Waals surface area contributed by atoms with Crippen LogP contribution in [0.4, 0.5) is 11.4 Å². The van der Waals surface area contributed by atoms with E-state index < -0.39 is 10.0 Å². The van der Waals surface area contributed by atoms with Crippen molar-refractivity contribution in [3.05, 3.63) is 18.2 Å². The van der Waals surface area contributed by atoms with Crippen molar-refractivity contribution in [1.82, 2.24) is 4.72 Å². The van der Waals surface area contributed by atoms with Crippen molar-refractivity contribution < 1.29 is 8.42 Å². The van der Waals surface area contributed by atoms with E-state index >= 15 is 0 Å². The largest absolute Gasteiger partial charge is 0.397 e. The van der Waals surface area contributed by atoms with E-state index in [2.05, 4.69) is 9.62 Å². The number of nitrogens with one attached hydrogen (secondary N) is 1. The van der Waals surface area contributed by atoms with Crippen LogP contribution >= 0.6 is 11.8 Å². The van der Waals surface area contributed by atoms with E-state index in [0.717, 1.165) is 30.3 Å². The molecule has 18 heavy (non-hydrogen) atoms. The Balaban J connectivity index is 2.38. The molecule has 1 aliphatic heterocycles. The monoisotopic (exact) mass is 287 g/mol. The van der Waals surface area contributed by atoms with Crippen molar-refractivity contribution in [3.63, 3.8) is 0 Å². The van der Waals surface area contributed by atoms with Crippen molar-refractivity contribution in [2.24, 2.45) is 0 Å². The molecule has 7 heteroatoms. The van der Waals surface area contributed by atoms with Crippen LogP contribution in [0.5, 0.6) is 0 Å². The molecule has 100 valence electrons. The van der Waals surface area contributed by atoms with Crippen molar-refractivity contribution in [2.75, 3.05) is 42.3 Å². The zero-order valence-electron chi connectivity index (χ0n) is 10.2. The molecule has 0 spiro atoms. The number of sulfonamides is 1. The lowest BCUT2D eigenvalue weighted by molar-refractivity contribution is 0.588. The molecule has 0 bridgehead atoms. The van der Waals surface area contributed by atoms with Crippen molar-refractivity contribution in [2.45, 2.75) is 4.90 Å². The summed E-state index contributed by atoms with van der Waals surface area (Å²) in [5.41, 5.74) is 7.38. The SMILES string of the molecule is CNS(=O)(=O)c1ccc(N)c(N2CCSCC2)c1. The first-order valence-corrected chi connectivity index (χ1v) is 8.34. The van der Waals surface area contributed by atoms with Crippen LogP contribution < -0.4 is 15.4 Å². The van der Waals surface area contributed by atoms with Gasteiger partial charge in [-0.25, -0.2) is 13.1 Å². The summed E-state index contributed by atoms with van der Waals surface area (Å²) in [5, 5.41) is 0. The Labute approximate surface area is 112 Å². The minimum Gasteiger partial charge on any atom is -0.397 e. The second-order valence-electron chi connectivity index (χ2n) is 4.03. The Hall–Kier alpha value is -0.920. The van der Waals surface area contributed by atoms with Gasteiger partial charge < -0.3 is 10.6 Å². The number of benzene rings is 1. The van der Waals surface area contributed by atoms with Crippen molar-refractivity contribution in [3.8, 4) is 0 Å². The van der Waals surface area contributed by atoms with Gasteiger partial charge in [0.15, 0.2) is 0 Å². The quantitative estimate of drug-likeness (QED) is 0.802. The van der Waals surface area contributed by atoms with E-state index in [1.807, 2.05) is 11.8 Å². The molecule has 0 amide bonds. The molecule has 3 N–H and O–H groups in total. The van der Waals surface area contributed by atoms with Gasteiger partial charge in [-0.2, -0.15) is 11.8 Å². The van der Waals surface area contributed by atoms with Gasteiger partial charge in [0.05, 0.1) is 16.3 Å². The van der Waals surface area contributed by atoms with Crippen LogP contribution in [-0.4, -0.2) is 40.1 Å². The molecule has 0 unspecified atom stereocenters. The Morgan fingerprint density at radius 1 is 1.33 bits per heavy atom. The maximum absolute atomic E-state index is 11.8. The number of hydrogen-bond acceptors (Lipinski definition) is 5. The summed E-state index contributed by atoms with van der Waals surface area (Å²) >= 11 is 1.90. The van der Waals surface area contributed by atoms with Gasteiger partial charge in [0.2, 0.25) is 10.0 Å². The summed E-state index contributed by atoms with van der Waals surface area (Å²) in [6, 6.07) is 4.84. The summed E-state index contributed by atoms with van der Waals surface area (Å²) in [7, 11) is -2.01. The van der Waals surface area contributed by atoms with E-state index in [-0.39, 0.29) is 4.90 Å². The molecule has 0 aliphatic carbocycles. The molecule has 0 saturated carbocycles. The molecule has 0 aromatic heterocycles. The fraction of sp³-hybridized carbons (Fsp3) is 0.455. The molecule has 1 aromatic rings. The van der Waals surface area contributed by atoms with Gasteiger partial charge in [0.1, 0.15) is 0 Å². The maximum atomic E-state index is 11.8. The number of nitrogens with two attached hydrogens (primary N) is 1. The molecule has 5 nitrogen and oxygen atoms in total. The molecule has 1 saturated heterocycles. The van der Waals surface area contributed by atoms with Crippen LogP contribution in [0.25, 0.3) is 0 Å². The van der Waals surface area contributed by atoms with Gasteiger partial charge in [0.25, 0.3) is 0 Å². The predicted molar refractivity (Wildman–Crippen MR) is 76.6 cm³/mol. The first-order chi connectivity index (χ1) is 8.54. The lowest BCUT2D eigenvalue weighted by Gasteiger charge is -2.29. The van der Waals surface area contributed by atoms with Gasteiger partial charge in [0, 0.05) is 24.6 Å². The van der Waals surface area contributed by atoms with Gasteiger partial charge in [-0.05, 0) is 25.2 Å². The summed E-state index contributed by atoms with van der Waals surface area (Å²) in [5.74, 6) is 2.09. The van der Waals surface area contributed by atoms with E-state index in [4.69, 9.17) is 5.73 Å². The van der Waals surface area contributed by atoms with Crippen LogP contribution in [0.2, 0.25) is 0 Å². The number of thioether (sulfide) groups is 1. The normalized spacial score (nSPS) is 16.8. The first-order valence-electron chi connectivity index (χ1n) is 5.70. The fourth-order valence-corrected chi connectivity index (χ4v) is 3.54. The lowest BCUT2D eigenvalue weighted by atomic mass is 10.2. The summed E-state index contributed by atoms with van der Waals surface area (Å²) in [6.45, 7) is 1.80. The number of nitrogens with zero attached hydrogens (tertiary/aromatic N) is 1. The number of nitrogen functional groups attached to an aromatic ring is 1. The van der Waals surface area contributed by atoms with Gasteiger partial charge in [-0.3, -0.25) is 0 Å². The number of anilines is 2. The molecule has 1 aromatic carbocycles. The van der Waals surface area contributed by atoms with Crippen LogP contribution in [-0.2, 0) is 10.0 Å². The maximum Gasteiger partial charge on any atom is 0.240 e. The van der Waals surface area contributed by atoms with Crippen molar-refractivity contribution in [1.29, 1.82) is 0 Å². The number of hydrogen-bond donors (Lipinski definition) is 2. The molecule has 0 radical (unpaired) electrons. The highest BCUT2D eigenvalue weighted by Crippen LogP contribution is 2.28. The fourth-order valence-electron chi connectivity index (χ4n) is 1.89. The highest BCUT2D eigenvalue weighted by molar-refractivity contribution is 7.99. The third-order valence-corrected chi connectivity index (χ3v) is 5.29. The zero-order chi connectivity index (χ0) is 13.2. The molecule has 1 fully saturated rings. The van der Waals surface area contributed by atoms with Gasteiger partial charge in [-0.15, -0.1) is 0 Å². The molecule has 2 rings (SSSR count). The van der Waals surface area contributed by atoms with E-state index in [0.29, 0.717) is 5.69 Å². The first kappa shape index (κ1) is 13.5. The summed E-state index contributed by atoms with van der Waals surface area (Å²) in [6.07, 6.45) is 0. The third-order valence-electron chi connectivity index (χ3n) is 2.93. The highest BCUT2D eigenvalue weighted by atomic mass is 32.2. The third kappa shape index (κ3) is 2.73. The smallest absolute Gasteiger partial charge is 0.240 e. The Kier molecular flexibility index (Phi) is 4.04. The standard InChI is InChI=1S/C11H17N3O2S2/c1-13-18(15,16)9-2-3-10(12)11(8-9)14-4-6-17-7-5-14/h2-3,8,13H,4-7,12H2,1H3. The van der Waals surface area contributed by atoms with Crippen LogP contribution in [0.15, 0.2) is 23.1 Å². The molecular formula is C11H17N3O2S2.